The van der Waals surface area contributed by atoms with Crippen molar-refractivity contribution < 1.29 is 0 Å². The molecule has 44 heavy (non-hydrogen) atoms. The highest BCUT2D eigenvalue weighted by Gasteiger charge is 2.55. The zero-order valence-corrected chi connectivity index (χ0v) is 24.8. The first kappa shape index (κ1) is 24.4. The molecule has 0 radical (unpaired) electrons. The highest BCUT2D eigenvalue weighted by molar-refractivity contribution is 6.81. The van der Waals surface area contributed by atoms with Gasteiger partial charge in [-0.15, -0.1) is 0 Å². The third-order valence-electron chi connectivity index (χ3n) is 10.6. The number of hydrogen-bond donors (Lipinski definition) is 0. The van der Waals surface area contributed by atoms with Crippen LogP contribution in [-0.4, -0.2) is 6.98 Å². The quantitative estimate of drug-likeness (QED) is 0.188. The summed E-state index contributed by atoms with van der Waals surface area (Å²) in [6, 6.07) is 45.7. The highest BCUT2D eigenvalue weighted by Crippen LogP contribution is 2.59. The van der Waals surface area contributed by atoms with Crippen LogP contribution in [0.5, 0.6) is 0 Å². The Balaban J connectivity index is 1.37. The minimum absolute atomic E-state index is 0.0325. The van der Waals surface area contributed by atoms with Gasteiger partial charge in [0.25, 0.3) is 0 Å². The Kier molecular flexibility index (Phi) is 5.00. The summed E-state index contributed by atoms with van der Waals surface area (Å²) in [5.74, 6) is 0.288. The molecule has 5 aromatic rings. The van der Waals surface area contributed by atoms with E-state index >= 15 is 0 Å². The summed E-state index contributed by atoms with van der Waals surface area (Å²) >= 11 is 0. The van der Waals surface area contributed by atoms with E-state index in [0.29, 0.717) is 0 Å². The molecule has 0 bridgehead atoms. The average Bonchev–Trinajstić information content (AvgIpc) is 3.25. The van der Waals surface area contributed by atoms with E-state index in [1.54, 1.807) is 0 Å². The molecule has 3 heterocycles. The van der Waals surface area contributed by atoms with Crippen LogP contribution < -0.4 is 9.62 Å². The second kappa shape index (κ2) is 9.00. The lowest BCUT2D eigenvalue weighted by Crippen LogP contribution is -2.52. The molecule has 5 aliphatic rings. The second-order valence-electron chi connectivity index (χ2n) is 12.8. The van der Waals surface area contributed by atoms with E-state index in [4.69, 9.17) is 0 Å². The van der Waals surface area contributed by atoms with Crippen LogP contribution in [0.15, 0.2) is 144 Å². The molecule has 0 saturated carbocycles. The van der Waals surface area contributed by atoms with Crippen molar-refractivity contribution in [2.75, 3.05) is 9.62 Å². The average molecular weight is 563 g/mol. The van der Waals surface area contributed by atoms with Crippen molar-refractivity contribution in [1.29, 1.82) is 0 Å². The van der Waals surface area contributed by atoms with Gasteiger partial charge in [0.1, 0.15) is 0 Å². The van der Waals surface area contributed by atoms with Crippen molar-refractivity contribution in [1.82, 2.24) is 0 Å². The standard InChI is InChI=1S/C41H31BN2/c1-26-22-23-29-15-11-19-33-32-17-7-9-20-35(32)44-41(37(29)33)40(26)43-36-21-10-8-18-34(36)38-30-16-6-5-14-28(30)24-25-31(39(38)42(43)44)27-12-3-2-4-13-27/h2-22,31H,23-25H2,1H3. The topological polar surface area (TPSA) is 6.48 Å². The zero-order valence-electron chi connectivity index (χ0n) is 24.8. The minimum Gasteiger partial charge on any atom is -0.359 e. The summed E-state index contributed by atoms with van der Waals surface area (Å²) in [4.78, 5) is 5.45. The van der Waals surface area contributed by atoms with Gasteiger partial charge in [-0.2, -0.15) is 0 Å². The van der Waals surface area contributed by atoms with E-state index in [9.17, 15) is 0 Å². The molecule has 1 atom stereocenters. The summed E-state index contributed by atoms with van der Waals surface area (Å²) in [5.41, 5.74) is 20.8. The molecule has 0 spiro atoms. The van der Waals surface area contributed by atoms with Crippen LogP contribution in [0.4, 0.5) is 11.4 Å². The Morgan fingerprint density at radius 3 is 2.07 bits per heavy atom. The van der Waals surface area contributed by atoms with E-state index < -0.39 is 0 Å². The fourth-order valence-corrected chi connectivity index (χ4v) is 8.84. The largest absolute Gasteiger partial charge is 0.417 e. The van der Waals surface area contributed by atoms with Crippen LogP contribution in [0.1, 0.15) is 52.6 Å². The summed E-state index contributed by atoms with van der Waals surface area (Å²) < 4.78 is 0. The number of rotatable bonds is 1. The van der Waals surface area contributed by atoms with Crippen molar-refractivity contribution in [3.8, 4) is 11.1 Å². The highest BCUT2D eigenvalue weighted by atomic mass is 15.3. The van der Waals surface area contributed by atoms with Gasteiger partial charge in [0.15, 0.2) is 0 Å². The molecule has 1 unspecified atom stereocenters. The number of fused-ring (bicyclic) bond motifs is 12. The van der Waals surface area contributed by atoms with Crippen molar-refractivity contribution in [2.24, 2.45) is 0 Å². The second-order valence-corrected chi connectivity index (χ2v) is 12.8. The number of para-hydroxylation sites is 2. The van der Waals surface area contributed by atoms with Gasteiger partial charge in [0, 0.05) is 34.0 Å². The van der Waals surface area contributed by atoms with Crippen molar-refractivity contribution >= 4 is 29.6 Å². The summed E-state index contributed by atoms with van der Waals surface area (Å²) in [5, 5.41) is 0. The lowest BCUT2D eigenvalue weighted by atomic mass is 9.52. The monoisotopic (exact) mass is 562 g/mol. The Morgan fingerprint density at radius 1 is 0.591 bits per heavy atom. The first-order valence-electron chi connectivity index (χ1n) is 16.0. The van der Waals surface area contributed by atoms with E-state index in [1.807, 2.05) is 0 Å². The van der Waals surface area contributed by atoms with E-state index in [0.717, 1.165) is 19.3 Å². The van der Waals surface area contributed by atoms with Crippen molar-refractivity contribution in [2.45, 2.75) is 32.1 Å². The van der Waals surface area contributed by atoms with Crippen LogP contribution in [0.25, 0.3) is 22.4 Å². The zero-order chi connectivity index (χ0) is 28.9. The molecule has 208 valence electrons. The molecule has 0 aromatic heterocycles. The Hall–Kier alpha value is -5.02. The molecule has 3 heteroatoms. The van der Waals surface area contributed by atoms with Gasteiger partial charge in [-0.05, 0) is 82.8 Å². The maximum atomic E-state index is 2.73. The van der Waals surface area contributed by atoms with Crippen molar-refractivity contribution in [3.05, 3.63) is 178 Å². The van der Waals surface area contributed by atoms with Gasteiger partial charge in [0.05, 0.1) is 11.4 Å². The van der Waals surface area contributed by atoms with Gasteiger partial charge in [0.2, 0.25) is 0 Å². The van der Waals surface area contributed by atoms with Gasteiger partial charge in [-0.3, -0.25) is 0 Å². The van der Waals surface area contributed by atoms with Gasteiger partial charge in [-0.25, -0.2) is 0 Å². The van der Waals surface area contributed by atoms with Crippen LogP contribution >= 0.6 is 0 Å². The summed E-state index contributed by atoms with van der Waals surface area (Å²) in [7, 11) is 0. The maximum Gasteiger partial charge on any atom is 0.417 e. The van der Waals surface area contributed by atoms with Crippen molar-refractivity contribution in [3.63, 3.8) is 0 Å². The molecule has 0 saturated heterocycles. The Morgan fingerprint density at radius 2 is 1.23 bits per heavy atom. The molecule has 0 fully saturated rings. The maximum absolute atomic E-state index is 2.73. The van der Waals surface area contributed by atoms with E-state index in [-0.39, 0.29) is 12.9 Å². The molecule has 0 N–H and O–H groups in total. The van der Waals surface area contributed by atoms with Gasteiger partial charge < -0.3 is 9.62 Å². The molecule has 0 amide bonds. The molecular weight excluding hydrogens is 531 g/mol. The lowest BCUT2D eigenvalue weighted by Gasteiger charge is -2.43. The number of aryl methyl sites for hydroxylation is 1. The fraction of sp³-hybridized carbons (Fsp3) is 0.122. The van der Waals surface area contributed by atoms with Gasteiger partial charge >= 0.3 is 6.98 Å². The molecule has 3 aliphatic heterocycles. The van der Waals surface area contributed by atoms with Crippen LogP contribution in [0.3, 0.4) is 0 Å². The number of allylic oxidation sites excluding steroid dienone is 3. The predicted molar refractivity (Wildman–Crippen MR) is 183 cm³/mol. The normalized spacial score (nSPS) is 18.8. The third-order valence-corrected chi connectivity index (χ3v) is 10.6. The van der Waals surface area contributed by atoms with Gasteiger partial charge in [-0.1, -0.05) is 115 Å². The van der Waals surface area contributed by atoms with E-state index in [1.165, 1.54) is 83.9 Å². The Labute approximate surface area is 259 Å². The lowest BCUT2D eigenvalue weighted by molar-refractivity contribution is 0.729. The first-order chi connectivity index (χ1) is 21.8. The molecule has 5 aromatic carbocycles. The molecule has 10 rings (SSSR count). The predicted octanol–water partition coefficient (Wildman–Crippen LogP) is 9.44. The number of hydrogen-bond acceptors (Lipinski definition) is 2. The molecular formula is C41H31BN2. The first-order valence-corrected chi connectivity index (χ1v) is 16.0. The Bertz CT molecular complexity index is 2140. The fourth-order valence-electron chi connectivity index (χ4n) is 8.84. The van der Waals surface area contributed by atoms with Crippen LogP contribution in [-0.2, 0) is 12.8 Å². The number of nitrogens with zero attached hydrogens (tertiary/aromatic N) is 2. The molecule has 2 aliphatic carbocycles. The number of benzene rings is 5. The van der Waals surface area contributed by atoms with Crippen LogP contribution in [0, 0.1) is 0 Å². The summed E-state index contributed by atoms with van der Waals surface area (Å²) in [6.45, 7) is 2.36. The minimum atomic E-state index is 0.0325. The van der Waals surface area contributed by atoms with Crippen LogP contribution in [0.2, 0.25) is 0 Å². The smallest absolute Gasteiger partial charge is 0.359 e. The third kappa shape index (κ3) is 3.12. The summed E-state index contributed by atoms with van der Waals surface area (Å²) in [6.07, 6.45) is 5.56. The molecule has 2 nitrogen and oxygen atoms in total. The SMILES string of the molecule is CC1=CCc2cccc3c2C2=C1N1B(C4=C(c5ccccc5CCC4c4ccccc4)c4ccccc41)N2c1ccccc1-3. The van der Waals surface area contributed by atoms with E-state index in [2.05, 4.69) is 144 Å². The number of anilines is 2.